The molecule has 6 heteroatoms. The second kappa shape index (κ2) is 7.58. The number of fused-ring (bicyclic) bond motifs is 3. The molecule has 2 aliphatic heterocycles. The van der Waals surface area contributed by atoms with Crippen molar-refractivity contribution in [2.24, 2.45) is 5.10 Å². The highest BCUT2D eigenvalue weighted by Crippen LogP contribution is 2.48. The number of hydrazone groups is 1. The quantitative estimate of drug-likeness (QED) is 0.551. The molecule has 0 saturated heterocycles. The zero-order valence-electron chi connectivity index (χ0n) is 16.7. The van der Waals surface area contributed by atoms with Crippen molar-refractivity contribution in [3.8, 4) is 17.2 Å². The first-order chi connectivity index (χ1) is 14.7. The van der Waals surface area contributed by atoms with Crippen LogP contribution in [-0.2, 0) is 0 Å². The molecular weight excluding hydrogens is 400 g/mol. The summed E-state index contributed by atoms with van der Waals surface area (Å²) in [7, 11) is 3.34. The lowest BCUT2D eigenvalue weighted by atomic mass is 9.95. The fourth-order valence-electron chi connectivity index (χ4n) is 4.03. The average Bonchev–Trinajstić information content (AvgIpc) is 3.24. The normalized spacial score (nSPS) is 19.4. The third kappa shape index (κ3) is 3.25. The Morgan fingerprint density at radius 1 is 0.967 bits per heavy atom. The first-order valence-corrected chi connectivity index (χ1v) is 10.1. The molecule has 2 heterocycles. The standard InChI is InChI=1S/C24H21ClN2O3/c1-28-18-8-6-15(7-9-18)21-14-22-20-13-19(29-2)10-11-23(20)30-24(27(22)26-21)16-4-3-5-17(25)12-16/h3-13,22,24H,14H2,1-2H3/t22-,24-/m1/s1. The maximum Gasteiger partial charge on any atom is 0.213 e. The van der Waals surface area contributed by atoms with Gasteiger partial charge in [-0.15, -0.1) is 0 Å². The van der Waals surface area contributed by atoms with Gasteiger partial charge in [-0.2, -0.15) is 5.10 Å². The van der Waals surface area contributed by atoms with Gasteiger partial charge >= 0.3 is 0 Å². The first-order valence-electron chi connectivity index (χ1n) is 9.76. The Hall–Kier alpha value is -3.18. The average molecular weight is 421 g/mol. The molecule has 0 aliphatic carbocycles. The van der Waals surface area contributed by atoms with E-state index in [0.717, 1.165) is 46.1 Å². The Labute approximate surface area is 180 Å². The molecule has 0 saturated carbocycles. The summed E-state index contributed by atoms with van der Waals surface area (Å²) in [5.74, 6) is 2.47. The van der Waals surface area contributed by atoms with Crippen LogP contribution in [0.15, 0.2) is 71.8 Å². The van der Waals surface area contributed by atoms with Crippen molar-refractivity contribution in [1.29, 1.82) is 0 Å². The van der Waals surface area contributed by atoms with E-state index in [4.69, 9.17) is 30.9 Å². The molecule has 2 atom stereocenters. The number of halogens is 1. The third-order valence-corrected chi connectivity index (χ3v) is 5.79. The Bertz CT molecular complexity index is 1110. The van der Waals surface area contributed by atoms with Crippen LogP contribution in [0.2, 0.25) is 5.02 Å². The summed E-state index contributed by atoms with van der Waals surface area (Å²) in [5.41, 5.74) is 4.11. The van der Waals surface area contributed by atoms with Crippen molar-refractivity contribution >= 4 is 17.3 Å². The highest BCUT2D eigenvalue weighted by molar-refractivity contribution is 6.30. The molecule has 2 aliphatic rings. The lowest BCUT2D eigenvalue weighted by Gasteiger charge is -2.38. The van der Waals surface area contributed by atoms with Crippen molar-refractivity contribution in [3.05, 3.63) is 88.4 Å². The highest BCUT2D eigenvalue weighted by Gasteiger charge is 2.41. The molecule has 5 nitrogen and oxygen atoms in total. The van der Waals surface area contributed by atoms with Crippen molar-refractivity contribution in [2.45, 2.75) is 18.7 Å². The highest BCUT2D eigenvalue weighted by atomic mass is 35.5. The molecule has 3 aromatic rings. The zero-order valence-corrected chi connectivity index (χ0v) is 17.5. The molecule has 152 valence electrons. The van der Waals surface area contributed by atoms with Gasteiger partial charge in [-0.1, -0.05) is 23.7 Å². The maximum atomic E-state index is 6.39. The minimum absolute atomic E-state index is 0.0462. The molecule has 0 aromatic heterocycles. The third-order valence-electron chi connectivity index (χ3n) is 5.55. The number of hydrogen-bond donors (Lipinski definition) is 0. The zero-order chi connectivity index (χ0) is 20.7. The number of methoxy groups -OCH3 is 2. The topological polar surface area (TPSA) is 43.3 Å². The van der Waals surface area contributed by atoms with Gasteiger partial charge in [-0.3, -0.25) is 0 Å². The van der Waals surface area contributed by atoms with Crippen LogP contribution in [0, 0.1) is 0 Å². The first kappa shape index (κ1) is 18.8. The Balaban J connectivity index is 1.58. The van der Waals surface area contributed by atoms with Crippen LogP contribution in [0.25, 0.3) is 0 Å². The lowest BCUT2D eigenvalue weighted by Crippen LogP contribution is -2.33. The van der Waals surface area contributed by atoms with Gasteiger partial charge in [0.05, 0.1) is 26.0 Å². The molecule has 0 radical (unpaired) electrons. The molecule has 30 heavy (non-hydrogen) atoms. The molecule has 0 bridgehead atoms. The summed E-state index contributed by atoms with van der Waals surface area (Å²) < 4.78 is 17.1. The van der Waals surface area contributed by atoms with E-state index in [1.54, 1.807) is 14.2 Å². The van der Waals surface area contributed by atoms with E-state index in [1.165, 1.54) is 0 Å². The predicted octanol–water partition coefficient (Wildman–Crippen LogP) is 5.60. The summed E-state index contributed by atoms with van der Waals surface area (Å²) in [4.78, 5) is 0. The van der Waals surface area contributed by atoms with Crippen LogP contribution in [0.5, 0.6) is 17.2 Å². The summed E-state index contributed by atoms with van der Waals surface area (Å²) in [5, 5.41) is 7.69. The van der Waals surface area contributed by atoms with Gasteiger partial charge in [0.15, 0.2) is 0 Å². The number of benzene rings is 3. The van der Waals surface area contributed by atoms with Gasteiger partial charge in [0.2, 0.25) is 6.23 Å². The van der Waals surface area contributed by atoms with Crippen LogP contribution in [0.1, 0.15) is 35.4 Å². The van der Waals surface area contributed by atoms with E-state index in [9.17, 15) is 0 Å². The van der Waals surface area contributed by atoms with Gasteiger partial charge in [0.25, 0.3) is 0 Å². The predicted molar refractivity (Wildman–Crippen MR) is 117 cm³/mol. The minimum Gasteiger partial charge on any atom is -0.497 e. The minimum atomic E-state index is -0.356. The monoisotopic (exact) mass is 420 g/mol. The van der Waals surface area contributed by atoms with Crippen molar-refractivity contribution in [2.75, 3.05) is 14.2 Å². The summed E-state index contributed by atoms with van der Waals surface area (Å²) >= 11 is 6.26. The van der Waals surface area contributed by atoms with Gasteiger partial charge in [0.1, 0.15) is 17.2 Å². The van der Waals surface area contributed by atoms with Crippen molar-refractivity contribution < 1.29 is 14.2 Å². The molecule has 0 spiro atoms. The van der Waals surface area contributed by atoms with Crippen molar-refractivity contribution in [1.82, 2.24) is 5.01 Å². The maximum absolute atomic E-state index is 6.39. The Morgan fingerprint density at radius 3 is 2.47 bits per heavy atom. The number of rotatable bonds is 4. The molecule has 3 aromatic carbocycles. The summed E-state index contributed by atoms with van der Waals surface area (Å²) in [6.07, 6.45) is 0.415. The van der Waals surface area contributed by atoms with Crippen LogP contribution in [0.3, 0.4) is 0 Å². The van der Waals surface area contributed by atoms with E-state index in [2.05, 4.69) is 0 Å². The SMILES string of the molecule is COc1ccc(C2=NN3[C@H](C2)c2cc(OC)ccc2O[C@@H]3c2cccc(Cl)c2)cc1. The van der Waals surface area contributed by atoms with Crippen LogP contribution >= 0.6 is 11.6 Å². The second-order valence-electron chi connectivity index (χ2n) is 7.30. The molecule has 0 fully saturated rings. The number of nitrogens with zero attached hydrogens (tertiary/aromatic N) is 2. The van der Waals surface area contributed by atoms with Crippen LogP contribution in [-0.4, -0.2) is 24.9 Å². The van der Waals surface area contributed by atoms with E-state index in [-0.39, 0.29) is 12.3 Å². The van der Waals surface area contributed by atoms with E-state index in [0.29, 0.717) is 5.02 Å². The number of ether oxygens (including phenoxy) is 3. The number of hydrogen-bond acceptors (Lipinski definition) is 5. The second-order valence-corrected chi connectivity index (χ2v) is 7.74. The fourth-order valence-corrected chi connectivity index (χ4v) is 4.23. The van der Waals surface area contributed by atoms with E-state index < -0.39 is 0 Å². The molecular formula is C24H21ClN2O3. The smallest absolute Gasteiger partial charge is 0.213 e. The van der Waals surface area contributed by atoms with Gasteiger partial charge in [0, 0.05) is 22.6 Å². The van der Waals surface area contributed by atoms with Gasteiger partial charge in [-0.05, 0) is 60.2 Å². The molecule has 0 amide bonds. The lowest BCUT2D eigenvalue weighted by molar-refractivity contribution is -0.0191. The van der Waals surface area contributed by atoms with Crippen molar-refractivity contribution in [3.63, 3.8) is 0 Å². The Kier molecular flexibility index (Phi) is 4.75. The van der Waals surface area contributed by atoms with Crippen LogP contribution < -0.4 is 14.2 Å². The Morgan fingerprint density at radius 2 is 1.73 bits per heavy atom. The largest absolute Gasteiger partial charge is 0.497 e. The summed E-state index contributed by atoms with van der Waals surface area (Å²) in [6.45, 7) is 0. The van der Waals surface area contributed by atoms with E-state index >= 15 is 0 Å². The molecule has 0 N–H and O–H groups in total. The van der Waals surface area contributed by atoms with Gasteiger partial charge < -0.3 is 14.2 Å². The van der Waals surface area contributed by atoms with Gasteiger partial charge in [-0.25, -0.2) is 5.01 Å². The van der Waals surface area contributed by atoms with E-state index in [1.807, 2.05) is 71.7 Å². The van der Waals surface area contributed by atoms with Crippen LogP contribution in [0.4, 0.5) is 0 Å². The molecule has 5 rings (SSSR count). The fraction of sp³-hybridized carbons (Fsp3) is 0.208. The summed E-state index contributed by atoms with van der Waals surface area (Å²) in [6, 6.07) is 21.7. The molecule has 0 unspecified atom stereocenters.